The van der Waals surface area contributed by atoms with E-state index in [2.05, 4.69) is 22.9 Å². The zero-order valence-electron chi connectivity index (χ0n) is 58.5. The predicted octanol–water partition coefficient (Wildman–Crippen LogP) is -4.54. The van der Waals surface area contributed by atoms with Crippen molar-refractivity contribution in [2.24, 2.45) is 65.1 Å². The molecule has 45 heteroatoms. The number of hydrogen-bond acceptors (Lipinski definition) is 42. The standard InChI is InChI=1S/C20H38O13S2.C20H36O12S.C19H34O15S2/c1-5-16-20(33-35(26,27)28)13(4)15(19(31-16)10-30-34(23,24)25)8-29-9-18-12(3)14(6-21)11(2)17(7-22)32-18;1-3-14-18(24)12-8-26-5-4-20(2,29-14)13(12)9-27-10-16-17(23)11(6-21)19(15(7-22)28-16)30-33-32-31-25;1-2-13-19(32-36(24,25)26)12-8-27-4-3-14(29-13)11(12)7-28-9-16-17(22)10(5-20)18(15(6-21)30-16)31-35-34-33-23/h11-22H,5-10H2,1-4H3,(H,23,24,25)(H,26,27,28);11-19,21-25H,3-10H2,1-2H3;10-23H,2-9H2,1H3,(H,24,25,26)/p-5/t11-,12?,13-,14-,15-,16-,17?,18+,19?,20?;11-,12+,13+,14+,15?,16-,17?,18?,19-,20?;10-,11+,12+,13+,14?,15?,16-,17?,18-,19?/m100/s1. The molecule has 8 heterocycles. The first-order chi connectivity index (χ1) is 49.3. The fourth-order valence-corrected chi connectivity index (χ4v) is 17.6. The molecule has 30 atom stereocenters. The molecule has 8 rings (SSSR count). The van der Waals surface area contributed by atoms with Gasteiger partial charge in [0.05, 0.1) is 159 Å². The SMILES string of the molecule is CC[C@H]1OC(COS(=O)(=O)[O-])[C@H](COC[C@@H]2OC(CO)[C@H](C)[C@@H](CO)C2C)[C@@H](C)C1OS(=O)(=O)[O-].CC[C@H]1OC2(C)CCOC[C@@H](C1O)[C@H]2COC[C@@H]1OC(CO)[C@@H](OSOO[O-])[C@@H](CO)C1O.CC[C@H]1OC2CCOC[C@@H](C1OS(=O)(=O)[O-])[C@H]2COC[C@@H]1OC(CO)[C@@H](OSOO[O-])[C@@H](CO)C1O. The summed E-state index contributed by atoms with van der Waals surface area (Å²) in [7, 11) is -15.1. The number of hydrogen-bond donors (Lipinski definition) is 9. The van der Waals surface area contributed by atoms with Gasteiger partial charge in [0.1, 0.15) is 48.8 Å². The summed E-state index contributed by atoms with van der Waals surface area (Å²) in [6.07, 6.45) is -12.4. The van der Waals surface area contributed by atoms with E-state index in [9.17, 15) is 95.4 Å². The minimum Gasteiger partial charge on any atom is -0.726 e. The molecule has 8 saturated heterocycles. The monoisotopic (exact) mass is 1610 g/mol. The van der Waals surface area contributed by atoms with E-state index in [-0.39, 0.29) is 138 Å². The van der Waals surface area contributed by atoms with Gasteiger partial charge in [-0.05, 0) is 62.7 Å². The highest BCUT2D eigenvalue weighted by Gasteiger charge is 2.55. The Morgan fingerprint density at radius 2 is 0.913 bits per heavy atom. The van der Waals surface area contributed by atoms with E-state index in [0.29, 0.717) is 45.5 Å². The van der Waals surface area contributed by atoms with Crippen molar-refractivity contribution in [2.45, 2.75) is 196 Å². The van der Waals surface area contributed by atoms with Gasteiger partial charge in [0.2, 0.25) is 31.2 Å². The van der Waals surface area contributed by atoms with Gasteiger partial charge >= 0.3 is 0 Å². The molecular weight excluding hydrogens is 1510 g/mol. The summed E-state index contributed by atoms with van der Waals surface area (Å²) in [4.78, 5) is 0. The van der Waals surface area contributed by atoms with Gasteiger partial charge in [0.25, 0.3) is 0 Å². The van der Waals surface area contributed by atoms with Crippen molar-refractivity contribution >= 4 is 55.8 Å². The van der Waals surface area contributed by atoms with Gasteiger partial charge < -0.3 is 122 Å². The number of fused-ring (bicyclic) bond motifs is 4. The molecule has 0 saturated carbocycles. The van der Waals surface area contributed by atoms with E-state index in [4.69, 9.17) is 68.8 Å². The molecule has 0 aromatic carbocycles. The lowest BCUT2D eigenvalue weighted by Gasteiger charge is -2.50. The van der Waals surface area contributed by atoms with Gasteiger partial charge in [-0.1, -0.05) is 41.5 Å². The molecule has 0 amide bonds. The Balaban J connectivity index is 0.000000245. The van der Waals surface area contributed by atoms with Gasteiger partial charge in [-0.2, -0.15) is 0 Å². The molecule has 40 nitrogen and oxygen atoms in total. The van der Waals surface area contributed by atoms with Crippen molar-refractivity contribution in [3.8, 4) is 0 Å². The highest BCUT2D eigenvalue weighted by molar-refractivity contribution is 7.90. The second-order valence-corrected chi connectivity index (χ2v) is 31.1. The van der Waals surface area contributed by atoms with Crippen LogP contribution < -0.4 is 10.5 Å². The smallest absolute Gasteiger partial charge is 0.218 e. The topological polar surface area (TPSA) is 584 Å². The lowest BCUT2D eigenvalue weighted by atomic mass is 9.72. The summed E-state index contributed by atoms with van der Waals surface area (Å²) < 4.78 is 198. The van der Waals surface area contributed by atoms with E-state index in [1.165, 1.54) is 0 Å². The van der Waals surface area contributed by atoms with Crippen LogP contribution in [0.2, 0.25) is 0 Å². The van der Waals surface area contributed by atoms with Crippen LogP contribution in [0.1, 0.15) is 80.6 Å². The molecule has 0 spiro atoms. The van der Waals surface area contributed by atoms with Crippen LogP contribution in [0.25, 0.3) is 0 Å². The van der Waals surface area contributed by atoms with Gasteiger partial charge in [0, 0.05) is 61.2 Å². The molecule has 8 aliphatic heterocycles. The minimum atomic E-state index is -5.06. The molecule has 0 aliphatic carbocycles. The van der Waals surface area contributed by atoms with Crippen LogP contribution in [0.5, 0.6) is 0 Å². The molecule has 0 radical (unpaired) electrons. The van der Waals surface area contributed by atoms with Crippen molar-refractivity contribution in [1.29, 1.82) is 0 Å². The number of rotatable bonds is 36. The van der Waals surface area contributed by atoms with Crippen molar-refractivity contribution in [2.75, 3.05) is 112 Å². The second kappa shape index (κ2) is 44.0. The van der Waals surface area contributed by atoms with E-state index < -0.39 is 197 Å². The molecule has 8 aliphatic rings. The Bertz CT molecular complexity index is 2780. The maximum Gasteiger partial charge on any atom is 0.218 e. The largest absolute Gasteiger partial charge is 0.726 e. The normalized spacial score (nSPS) is 40.8. The van der Waals surface area contributed by atoms with E-state index in [0.717, 1.165) is 0 Å². The number of aliphatic hydroxyl groups is 9. The molecule has 0 aromatic rings. The van der Waals surface area contributed by atoms with Crippen LogP contribution in [0.15, 0.2) is 0 Å². The minimum absolute atomic E-state index is 0.0122. The third-order valence-electron chi connectivity index (χ3n) is 21.2. The highest BCUT2D eigenvalue weighted by Crippen LogP contribution is 2.45. The van der Waals surface area contributed by atoms with Crippen LogP contribution in [0.3, 0.4) is 0 Å². The van der Waals surface area contributed by atoms with Crippen molar-refractivity contribution < 1.29 is 187 Å². The van der Waals surface area contributed by atoms with Gasteiger partial charge in [-0.25, -0.2) is 25.3 Å². The van der Waals surface area contributed by atoms with Crippen LogP contribution in [0.4, 0.5) is 0 Å². The first kappa shape index (κ1) is 92.1. The average Bonchev–Trinajstić information content (AvgIpc) is 1.39. The summed E-state index contributed by atoms with van der Waals surface area (Å²) >= 11 is 0.395. The quantitative estimate of drug-likeness (QED) is 0.00712. The van der Waals surface area contributed by atoms with Gasteiger partial charge in [-0.15, -0.1) is 8.67 Å². The van der Waals surface area contributed by atoms with Gasteiger partial charge in [0.15, 0.2) is 24.6 Å². The predicted molar refractivity (Wildman–Crippen MR) is 341 cm³/mol. The third-order valence-corrected chi connectivity index (χ3v) is 23.3. The summed E-state index contributed by atoms with van der Waals surface area (Å²) in [5.74, 6) is -4.54. The Labute approximate surface area is 613 Å². The summed E-state index contributed by atoms with van der Waals surface area (Å²) in [5, 5.41) is 117. The molecule has 12 unspecified atom stereocenters. The Morgan fingerprint density at radius 3 is 1.41 bits per heavy atom. The van der Waals surface area contributed by atoms with Crippen molar-refractivity contribution in [3.63, 3.8) is 0 Å². The van der Waals surface area contributed by atoms with Crippen LogP contribution >= 0.6 is 24.6 Å². The third kappa shape index (κ3) is 25.6. The fraction of sp³-hybridized carbons (Fsp3) is 1.00. The number of ether oxygens (including phenoxy) is 11. The summed E-state index contributed by atoms with van der Waals surface area (Å²) in [6, 6.07) is 0. The van der Waals surface area contributed by atoms with E-state index in [1.54, 1.807) is 20.8 Å². The van der Waals surface area contributed by atoms with Crippen LogP contribution in [-0.2, 0) is 123 Å². The molecule has 8 fully saturated rings. The lowest BCUT2D eigenvalue weighted by molar-refractivity contribution is -0.778. The molecule has 614 valence electrons. The zero-order chi connectivity index (χ0) is 76.9. The van der Waals surface area contributed by atoms with Crippen molar-refractivity contribution in [3.05, 3.63) is 0 Å². The van der Waals surface area contributed by atoms with Crippen molar-refractivity contribution in [1.82, 2.24) is 0 Å². The van der Waals surface area contributed by atoms with Crippen LogP contribution in [0, 0.1) is 65.1 Å². The Hall–Kier alpha value is -0.810. The molecule has 4 bridgehead atoms. The summed E-state index contributed by atoms with van der Waals surface area (Å²) in [6.45, 7) is 11.6. The summed E-state index contributed by atoms with van der Waals surface area (Å²) in [5.41, 5.74) is -0.520. The Kier molecular flexibility index (Phi) is 39.0. The highest BCUT2D eigenvalue weighted by atomic mass is 32.3. The average molecular weight is 1610 g/mol. The van der Waals surface area contributed by atoms with Crippen LogP contribution in [-0.4, -0.2) is 313 Å². The maximum absolute atomic E-state index is 11.4. The zero-order valence-corrected chi connectivity index (χ0v) is 62.6. The van der Waals surface area contributed by atoms with Gasteiger partial charge in [-0.3, -0.25) is 31.0 Å². The molecular formula is C59H103O40S5-5. The lowest BCUT2D eigenvalue weighted by Crippen LogP contribution is -2.59. The first-order valence-corrected chi connectivity index (χ1v) is 39.7. The van der Waals surface area contributed by atoms with E-state index in [1.807, 2.05) is 27.7 Å². The van der Waals surface area contributed by atoms with E-state index >= 15 is 0 Å². The number of aliphatic hydroxyl groups excluding tert-OH is 9. The second-order valence-electron chi connectivity index (χ2n) is 27.1. The molecule has 0 aromatic heterocycles. The fourth-order valence-electron chi connectivity index (χ4n) is 15.4. The molecule has 104 heavy (non-hydrogen) atoms. The first-order valence-electron chi connectivity index (χ1n) is 34.3. The maximum atomic E-state index is 11.4. The Morgan fingerprint density at radius 1 is 0.452 bits per heavy atom. The molecule has 9 N–H and O–H groups in total.